The Hall–Kier alpha value is -7.56. The van der Waals surface area contributed by atoms with Crippen LogP contribution >= 0.6 is 0 Å². The summed E-state index contributed by atoms with van der Waals surface area (Å²) in [6.45, 7) is 0. The smallest absolute Gasteiger partial charge is 0.147 e. The lowest BCUT2D eigenvalue weighted by Gasteiger charge is -2.11. The van der Waals surface area contributed by atoms with Gasteiger partial charge in [-0.15, -0.1) is 0 Å². The first-order chi connectivity index (χ1) is 27.7. The molecule has 0 fully saturated rings. The largest absolute Gasteiger partial charge is 0.455 e. The van der Waals surface area contributed by atoms with Crippen LogP contribution < -0.4 is 0 Å². The fraction of sp³-hybridized carbons (Fsp3) is 0. The van der Waals surface area contributed by atoms with Crippen molar-refractivity contribution in [1.29, 1.82) is 0 Å². The van der Waals surface area contributed by atoms with E-state index in [1.807, 2.05) is 18.3 Å². The predicted octanol–water partition coefficient (Wildman–Crippen LogP) is 14.4. The molecule has 0 amide bonds. The molecule has 3 heterocycles. The normalized spacial score (nSPS) is 11.9. The molecule has 9 aromatic carbocycles. The van der Waals surface area contributed by atoms with Crippen molar-refractivity contribution >= 4 is 76.5 Å². The molecule has 0 atom stereocenters. The highest BCUT2D eigenvalue weighted by Crippen LogP contribution is 2.46. The number of hydrogen-bond donors (Lipinski definition) is 0. The lowest BCUT2D eigenvalue weighted by atomic mass is 9.95. The Bertz CT molecular complexity index is 3360. The first-order valence-electron chi connectivity index (χ1n) is 18.9. The molecule has 0 bridgehead atoms. The number of rotatable bonds is 4. The first-order valence-corrected chi connectivity index (χ1v) is 18.9. The summed E-state index contributed by atoms with van der Waals surface area (Å²) < 4.78 is 13.7. The van der Waals surface area contributed by atoms with Crippen LogP contribution in [0.15, 0.2) is 191 Å². The molecule has 260 valence electrons. The van der Waals surface area contributed by atoms with Crippen LogP contribution in [0.25, 0.3) is 121 Å². The molecule has 4 heteroatoms. The Morgan fingerprint density at radius 1 is 0.321 bits per heavy atom. The minimum Gasteiger partial charge on any atom is -0.455 e. The van der Waals surface area contributed by atoms with E-state index in [0.717, 1.165) is 110 Å². The molecule has 0 radical (unpaired) electrons. The molecule has 0 aliphatic rings. The van der Waals surface area contributed by atoms with Gasteiger partial charge in [-0.3, -0.25) is 4.98 Å². The molecule has 0 unspecified atom stereocenters. The molecular weight excluding hydrogens is 685 g/mol. The van der Waals surface area contributed by atoms with Gasteiger partial charge in [-0.1, -0.05) is 140 Å². The Balaban J connectivity index is 1.11. The van der Waals surface area contributed by atoms with Crippen LogP contribution in [0.1, 0.15) is 0 Å². The van der Waals surface area contributed by atoms with E-state index in [-0.39, 0.29) is 0 Å². The molecule has 0 N–H and O–H groups in total. The number of aromatic nitrogens is 2. The molecule has 12 aromatic rings. The van der Waals surface area contributed by atoms with Crippen LogP contribution in [0.3, 0.4) is 0 Å². The van der Waals surface area contributed by atoms with Gasteiger partial charge in [0, 0.05) is 37.9 Å². The van der Waals surface area contributed by atoms with Gasteiger partial charge in [0.2, 0.25) is 0 Å². The molecule has 0 aliphatic carbocycles. The van der Waals surface area contributed by atoms with Crippen LogP contribution in [0.4, 0.5) is 0 Å². The average Bonchev–Trinajstić information content (AvgIpc) is 3.83. The summed E-state index contributed by atoms with van der Waals surface area (Å²) >= 11 is 0. The zero-order chi connectivity index (χ0) is 36.7. The van der Waals surface area contributed by atoms with Gasteiger partial charge in [0.05, 0.1) is 28.5 Å². The molecule has 12 rings (SSSR count). The van der Waals surface area contributed by atoms with Crippen LogP contribution in [0.2, 0.25) is 0 Å². The van der Waals surface area contributed by atoms with Gasteiger partial charge in [-0.25, -0.2) is 4.98 Å². The monoisotopic (exact) mass is 714 g/mol. The van der Waals surface area contributed by atoms with Crippen molar-refractivity contribution in [3.8, 4) is 44.6 Å². The summed E-state index contributed by atoms with van der Waals surface area (Å²) in [5, 5.41) is 8.76. The second-order valence-corrected chi connectivity index (χ2v) is 14.5. The SMILES string of the molecule is c1ccc(-c2ccc3oc4c(-c5cccc(-c6cnc7c8ccccc8c8ccccc8c7n6)c5)c5oc6ccc(-c7ccccc7)cc6c5cc4c3c2)cc1. The molecule has 0 saturated heterocycles. The second-order valence-electron chi connectivity index (χ2n) is 14.5. The minimum absolute atomic E-state index is 0.791. The zero-order valence-electron chi connectivity index (χ0n) is 30.0. The highest BCUT2D eigenvalue weighted by molar-refractivity contribution is 6.24. The second kappa shape index (κ2) is 12.0. The van der Waals surface area contributed by atoms with Gasteiger partial charge in [-0.2, -0.15) is 0 Å². The fourth-order valence-corrected chi connectivity index (χ4v) is 8.62. The Morgan fingerprint density at radius 3 is 1.41 bits per heavy atom. The first kappa shape index (κ1) is 30.9. The maximum Gasteiger partial charge on any atom is 0.147 e. The van der Waals surface area contributed by atoms with Crippen molar-refractivity contribution in [3.63, 3.8) is 0 Å². The van der Waals surface area contributed by atoms with Crippen LogP contribution in [-0.2, 0) is 0 Å². The summed E-state index contributed by atoms with van der Waals surface area (Å²) in [6.07, 6.45) is 1.90. The van der Waals surface area contributed by atoms with Gasteiger partial charge in [0.15, 0.2) is 0 Å². The molecule has 0 saturated carbocycles. The van der Waals surface area contributed by atoms with E-state index in [1.54, 1.807) is 0 Å². The number of fused-ring (bicyclic) bond motifs is 12. The van der Waals surface area contributed by atoms with E-state index >= 15 is 0 Å². The standard InChI is InChI=1S/C52H30N2O2/c1-3-12-31(13-4-1)33-22-24-46-41(27-33)43-29-44-42-28-34(32-14-5-2-6-15-32)23-25-47(42)56-52(44)48(51(43)55-46)36-17-11-16-35(26-36)45-30-53-49-39-20-9-7-18-37(39)38-19-8-10-21-40(38)50(49)54-45/h1-30H. The lowest BCUT2D eigenvalue weighted by molar-refractivity contribution is 0.658. The maximum atomic E-state index is 6.83. The Morgan fingerprint density at radius 2 is 0.821 bits per heavy atom. The summed E-state index contributed by atoms with van der Waals surface area (Å²) in [7, 11) is 0. The number of furan rings is 2. The maximum absolute atomic E-state index is 6.83. The van der Waals surface area contributed by atoms with Crippen molar-refractivity contribution in [2.45, 2.75) is 0 Å². The van der Waals surface area contributed by atoms with Gasteiger partial charge < -0.3 is 8.83 Å². The lowest BCUT2D eigenvalue weighted by Crippen LogP contribution is -1.92. The fourth-order valence-electron chi connectivity index (χ4n) is 8.62. The van der Waals surface area contributed by atoms with Crippen molar-refractivity contribution in [2.75, 3.05) is 0 Å². The van der Waals surface area contributed by atoms with Crippen molar-refractivity contribution < 1.29 is 8.83 Å². The summed E-state index contributed by atoms with van der Waals surface area (Å²) in [4.78, 5) is 10.4. The van der Waals surface area contributed by atoms with Crippen LogP contribution in [-0.4, -0.2) is 9.97 Å². The van der Waals surface area contributed by atoms with Gasteiger partial charge in [-0.05, 0) is 75.0 Å². The highest BCUT2D eigenvalue weighted by atomic mass is 16.3. The third-order valence-electron chi connectivity index (χ3n) is 11.3. The predicted molar refractivity (Wildman–Crippen MR) is 231 cm³/mol. The number of nitrogens with zero attached hydrogens (tertiary/aromatic N) is 2. The van der Waals surface area contributed by atoms with E-state index < -0.39 is 0 Å². The van der Waals surface area contributed by atoms with E-state index in [2.05, 4.69) is 164 Å². The third kappa shape index (κ3) is 4.66. The molecule has 3 aromatic heterocycles. The van der Waals surface area contributed by atoms with Gasteiger partial charge >= 0.3 is 0 Å². The van der Waals surface area contributed by atoms with E-state index in [0.29, 0.717) is 0 Å². The van der Waals surface area contributed by atoms with Gasteiger partial charge in [0.1, 0.15) is 22.3 Å². The molecular formula is C52H30N2O2. The van der Waals surface area contributed by atoms with Crippen molar-refractivity contribution in [2.24, 2.45) is 0 Å². The van der Waals surface area contributed by atoms with Gasteiger partial charge in [0.25, 0.3) is 0 Å². The average molecular weight is 715 g/mol. The Labute approximate surface area is 320 Å². The molecule has 0 aliphatic heterocycles. The van der Waals surface area contributed by atoms with E-state index in [9.17, 15) is 0 Å². The zero-order valence-corrected chi connectivity index (χ0v) is 30.0. The summed E-state index contributed by atoms with van der Waals surface area (Å²) in [5.74, 6) is 0. The van der Waals surface area contributed by atoms with E-state index in [4.69, 9.17) is 18.8 Å². The summed E-state index contributed by atoms with van der Waals surface area (Å²) in [6, 6.07) is 61.7. The van der Waals surface area contributed by atoms with Crippen LogP contribution in [0.5, 0.6) is 0 Å². The van der Waals surface area contributed by atoms with E-state index in [1.165, 1.54) is 10.8 Å². The van der Waals surface area contributed by atoms with Crippen molar-refractivity contribution in [3.05, 3.63) is 182 Å². The van der Waals surface area contributed by atoms with Crippen LogP contribution in [0, 0.1) is 0 Å². The highest BCUT2D eigenvalue weighted by Gasteiger charge is 2.23. The summed E-state index contributed by atoms with van der Waals surface area (Å²) in [5.41, 5.74) is 13.3. The van der Waals surface area contributed by atoms with Crippen molar-refractivity contribution in [1.82, 2.24) is 9.97 Å². The molecule has 0 spiro atoms. The topological polar surface area (TPSA) is 52.1 Å². The molecule has 4 nitrogen and oxygen atoms in total. The quantitative estimate of drug-likeness (QED) is 0.170. The Kier molecular flexibility index (Phi) is 6.60. The number of benzene rings is 9. The molecule has 56 heavy (non-hydrogen) atoms. The number of hydrogen-bond acceptors (Lipinski definition) is 4. The third-order valence-corrected chi connectivity index (χ3v) is 11.3. The minimum atomic E-state index is 0.791.